The molecule has 2 aliphatic rings. The molecule has 1 spiro atoms. The maximum absolute atomic E-state index is 6.12. The van der Waals surface area contributed by atoms with Gasteiger partial charge in [-0.3, -0.25) is 0 Å². The Morgan fingerprint density at radius 2 is 1.77 bits per heavy atom. The molecule has 1 saturated heterocycles. The van der Waals surface area contributed by atoms with Gasteiger partial charge in [-0.15, -0.1) is 0 Å². The maximum atomic E-state index is 6.12. The van der Waals surface area contributed by atoms with E-state index in [0.29, 0.717) is 11.8 Å². The van der Waals surface area contributed by atoms with Crippen LogP contribution in [0.2, 0.25) is 0 Å². The van der Waals surface area contributed by atoms with Crippen LogP contribution >= 0.6 is 0 Å². The van der Waals surface area contributed by atoms with Gasteiger partial charge in [0, 0.05) is 11.8 Å². The molecule has 0 N–H and O–H groups in total. The molecular formula is C20H28O2. The van der Waals surface area contributed by atoms with Gasteiger partial charge in [0.15, 0.2) is 6.29 Å². The first-order chi connectivity index (χ1) is 10.6. The van der Waals surface area contributed by atoms with Crippen LogP contribution in [0.1, 0.15) is 39.2 Å². The van der Waals surface area contributed by atoms with Crippen LogP contribution in [0.25, 0.3) is 0 Å². The number of hydrogen-bond acceptors (Lipinski definition) is 2. The Bertz CT molecular complexity index is 512. The van der Waals surface area contributed by atoms with E-state index >= 15 is 0 Å². The van der Waals surface area contributed by atoms with E-state index in [0.717, 1.165) is 26.1 Å². The fourth-order valence-corrected chi connectivity index (χ4v) is 4.03. The Labute approximate surface area is 134 Å². The van der Waals surface area contributed by atoms with Crippen molar-refractivity contribution in [3.05, 3.63) is 47.5 Å². The standard InChI is InChI=1S/C20H28O2/c1-15-11-16(2)20(17(3)12-15)13-21-19(22-14-20)10-9-18-7-5-4-6-8-18/h4-8,11,16-17,19H,9-10,12-14H2,1-3H3/t16-,17-,19?,20?/m0/s1. The molecule has 120 valence electrons. The number of benzene rings is 1. The summed E-state index contributed by atoms with van der Waals surface area (Å²) < 4.78 is 12.2. The molecule has 1 aromatic carbocycles. The van der Waals surface area contributed by atoms with Gasteiger partial charge in [-0.2, -0.15) is 0 Å². The minimum atomic E-state index is -0.0442. The predicted molar refractivity (Wildman–Crippen MR) is 89.6 cm³/mol. The molecule has 0 unspecified atom stereocenters. The van der Waals surface area contributed by atoms with Crippen molar-refractivity contribution in [2.24, 2.45) is 17.3 Å². The van der Waals surface area contributed by atoms with E-state index in [-0.39, 0.29) is 11.7 Å². The molecule has 0 radical (unpaired) electrons. The average molecular weight is 300 g/mol. The molecule has 1 fully saturated rings. The van der Waals surface area contributed by atoms with Crippen molar-refractivity contribution in [2.75, 3.05) is 13.2 Å². The highest BCUT2D eigenvalue weighted by molar-refractivity contribution is 5.15. The summed E-state index contributed by atoms with van der Waals surface area (Å²) in [7, 11) is 0. The highest BCUT2D eigenvalue weighted by Gasteiger charge is 2.46. The van der Waals surface area contributed by atoms with Crippen molar-refractivity contribution in [2.45, 2.75) is 46.3 Å². The number of hydrogen-bond donors (Lipinski definition) is 0. The normalized spacial score (nSPS) is 35.4. The van der Waals surface area contributed by atoms with E-state index in [2.05, 4.69) is 57.2 Å². The Balaban J connectivity index is 1.56. The number of ether oxygens (including phenoxy) is 2. The van der Waals surface area contributed by atoms with Crippen LogP contribution < -0.4 is 0 Å². The minimum absolute atomic E-state index is 0.0442. The Kier molecular flexibility index (Phi) is 4.70. The SMILES string of the molecule is CC1=C[C@H](C)C2(COC(CCc3ccccc3)OC2)[C@@H](C)C1. The average Bonchev–Trinajstić information content (AvgIpc) is 2.53. The van der Waals surface area contributed by atoms with Crippen LogP contribution in [0, 0.1) is 17.3 Å². The molecule has 2 nitrogen and oxygen atoms in total. The second-order valence-corrected chi connectivity index (χ2v) is 7.22. The third-order valence-corrected chi connectivity index (χ3v) is 5.64. The molecule has 1 aliphatic carbocycles. The lowest BCUT2D eigenvalue weighted by Gasteiger charge is -2.49. The summed E-state index contributed by atoms with van der Waals surface area (Å²) in [6, 6.07) is 10.6. The smallest absolute Gasteiger partial charge is 0.157 e. The van der Waals surface area contributed by atoms with Crippen LogP contribution in [0.3, 0.4) is 0 Å². The van der Waals surface area contributed by atoms with Crippen LogP contribution in [-0.4, -0.2) is 19.5 Å². The zero-order chi connectivity index (χ0) is 15.6. The lowest BCUT2D eigenvalue weighted by atomic mass is 9.63. The summed E-state index contributed by atoms with van der Waals surface area (Å²) in [4.78, 5) is 0. The Hall–Kier alpha value is -1.12. The van der Waals surface area contributed by atoms with Gasteiger partial charge >= 0.3 is 0 Å². The summed E-state index contributed by atoms with van der Waals surface area (Å²) >= 11 is 0. The molecule has 1 aliphatic heterocycles. The second kappa shape index (κ2) is 6.55. The van der Waals surface area contributed by atoms with Crippen molar-refractivity contribution in [3.8, 4) is 0 Å². The molecule has 2 atom stereocenters. The number of allylic oxidation sites excluding steroid dienone is 2. The van der Waals surface area contributed by atoms with Gasteiger partial charge < -0.3 is 9.47 Å². The summed E-state index contributed by atoms with van der Waals surface area (Å²) in [5.74, 6) is 1.16. The lowest BCUT2D eigenvalue weighted by Crippen LogP contribution is -2.50. The van der Waals surface area contributed by atoms with Crippen molar-refractivity contribution >= 4 is 0 Å². The minimum Gasteiger partial charge on any atom is -0.352 e. The van der Waals surface area contributed by atoms with Gasteiger partial charge in [0.25, 0.3) is 0 Å². The van der Waals surface area contributed by atoms with Crippen molar-refractivity contribution in [3.63, 3.8) is 0 Å². The maximum Gasteiger partial charge on any atom is 0.157 e. The van der Waals surface area contributed by atoms with Crippen LogP contribution in [0.4, 0.5) is 0 Å². The first-order valence-corrected chi connectivity index (χ1v) is 8.54. The topological polar surface area (TPSA) is 18.5 Å². The number of rotatable bonds is 3. The highest BCUT2D eigenvalue weighted by Crippen LogP contribution is 2.47. The predicted octanol–water partition coefficient (Wildman–Crippen LogP) is 4.60. The van der Waals surface area contributed by atoms with E-state index in [4.69, 9.17) is 9.47 Å². The summed E-state index contributed by atoms with van der Waals surface area (Å²) in [6.07, 6.45) is 5.50. The van der Waals surface area contributed by atoms with E-state index in [1.54, 1.807) is 0 Å². The van der Waals surface area contributed by atoms with Crippen molar-refractivity contribution in [1.29, 1.82) is 0 Å². The van der Waals surface area contributed by atoms with Gasteiger partial charge in [0.05, 0.1) is 13.2 Å². The highest BCUT2D eigenvalue weighted by atomic mass is 16.7. The van der Waals surface area contributed by atoms with E-state index in [9.17, 15) is 0 Å². The van der Waals surface area contributed by atoms with E-state index < -0.39 is 0 Å². The molecule has 1 aromatic rings. The Morgan fingerprint density at radius 1 is 1.09 bits per heavy atom. The zero-order valence-electron chi connectivity index (χ0n) is 14.0. The molecule has 1 heterocycles. The number of aryl methyl sites for hydroxylation is 1. The van der Waals surface area contributed by atoms with Crippen LogP contribution in [0.15, 0.2) is 42.0 Å². The molecule has 0 amide bonds. The molecular weight excluding hydrogens is 272 g/mol. The third-order valence-electron chi connectivity index (χ3n) is 5.64. The summed E-state index contributed by atoms with van der Waals surface area (Å²) in [5.41, 5.74) is 3.03. The van der Waals surface area contributed by atoms with E-state index in [1.165, 1.54) is 17.6 Å². The van der Waals surface area contributed by atoms with Crippen LogP contribution in [0.5, 0.6) is 0 Å². The van der Waals surface area contributed by atoms with Gasteiger partial charge in [-0.05, 0) is 37.2 Å². The first-order valence-electron chi connectivity index (χ1n) is 8.54. The van der Waals surface area contributed by atoms with Crippen molar-refractivity contribution in [1.82, 2.24) is 0 Å². The van der Waals surface area contributed by atoms with Gasteiger partial charge in [-0.25, -0.2) is 0 Å². The second-order valence-electron chi connectivity index (χ2n) is 7.22. The quantitative estimate of drug-likeness (QED) is 0.759. The largest absolute Gasteiger partial charge is 0.352 e. The zero-order valence-corrected chi connectivity index (χ0v) is 14.0. The van der Waals surface area contributed by atoms with Crippen LogP contribution in [-0.2, 0) is 15.9 Å². The fraction of sp³-hybridized carbons (Fsp3) is 0.600. The fourth-order valence-electron chi connectivity index (χ4n) is 4.03. The molecule has 0 aromatic heterocycles. The Morgan fingerprint density at radius 3 is 2.41 bits per heavy atom. The molecule has 22 heavy (non-hydrogen) atoms. The molecule has 0 bridgehead atoms. The molecule has 0 saturated carbocycles. The molecule has 2 heteroatoms. The van der Waals surface area contributed by atoms with Crippen molar-refractivity contribution < 1.29 is 9.47 Å². The third kappa shape index (κ3) is 3.13. The van der Waals surface area contributed by atoms with Gasteiger partial charge in [-0.1, -0.05) is 55.8 Å². The first kappa shape index (κ1) is 15.8. The van der Waals surface area contributed by atoms with Gasteiger partial charge in [0.2, 0.25) is 0 Å². The lowest BCUT2D eigenvalue weighted by molar-refractivity contribution is -0.251. The summed E-state index contributed by atoms with van der Waals surface area (Å²) in [6.45, 7) is 8.57. The monoisotopic (exact) mass is 300 g/mol. The van der Waals surface area contributed by atoms with Gasteiger partial charge in [0.1, 0.15) is 0 Å². The van der Waals surface area contributed by atoms with E-state index in [1.807, 2.05) is 0 Å². The summed E-state index contributed by atoms with van der Waals surface area (Å²) in [5, 5.41) is 0. The molecule has 3 rings (SSSR count).